The third-order valence-electron chi connectivity index (χ3n) is 2.86. The lowest BCUT2D eigenvalue weighted by molar-refractivity contribution is -0.115. The summed E-state index contributed by atoms with van der Waals surface area (Å²) >= 11 is 5.82. The summed E-state index contributed by atoms with van der Waals surface area (Å²) in [4.78, 5) is 12.3. The van der Waals surface area contributed by atoms with Gasteiger partial charge in [-0.15, -0.1) is 0 Å². The number of carbonyl (C=O) groups excluding carboxylic acids is 1. The molecule has 0 saturated carbocycles. The van der Waals surface area contributed by atoms with E-state index in [1.165, 1.54) is 13.4 Å². The van der Waals surface area contributed by atoms with Gasteiger partial charge < -0.3 is 14.8 Å². The SMILES string of the molecule is CO/C=C(/Oc1ccccc1C)C(=O)Nc1ccc(Cl)cc1. The van der Waals surface area contributed by atoms with Crippen molar-refractivity contribution in [1.29, 1.82) is 0 Å². The summed E-state index contributed by atoms with van der Waals surface area (Å²) in [6.07, 6.45) is 1.26. The van der Waals surface area contributed by atoms with Crippen LogP contribution in [-0.2, 0) is 9.53 Å². The van der Waals surface area contributed by atoms with E-state index in [1.807, 2.05) is 25.1 Å². The Morgan fingerprint density at radius 2 is 1.82 bits per heavy atom. The predicted octanol–water partition coefficient (Wildman–Crippen LogP) is 4.15. The number of ether oxygens (including phenoxy) is 2. The molecule has 1 amide bonds. The van der Waals surface area contributed by atoms with E-state index in [9.17, 15) is 4.79 Å². The van der Waals surface area contributed by atoms with Crippen LogP contribution in [0.1, 0.15) is 5.56 Å². The molecule has 2 rings (SSSR count). The quantitative estimate of drug-likeness (QED) is 0.665. The number of methoxy groups -OCH3 is 1. The lowest BCUT2D eigenvalue weighted by atomic mass is 10.2. The van der Waals surface area contributed by atoms with Gasteiger partial charge in [0.1, 0.15) is 12.0 Å². The van der Waals surface area contributed by atoms with E-state index in [4.69, 9.17) is 21.1 Å². The highest BCUT2D eigenvalue weighted by Gasteiger charge is 2.14. The van der Waals surface area contributed by atoms with Crippen molar-refractivity contribution in [3.05, 3.63) is 71.1 Å². The number of carbonyl (C=O) groups is 1. The molecule has 0 fully saturated rings. The van der Waals surface area contributed by atoms with Crippen molar-refractivity contribution in [2.45, 2.75) is 6.92 Å². The van der Waals surface area contributed by atoms with Crippen LogP contribution in [0.15, 0.2) is 60.6 Å². The number of aryl methyl sites for hydroxylation is 1. The molecule has 0 bridgehead atoms. The Morgan fingerprint density at radius 3 is 2.45 bits per heavy atom. The summed E-state index contributed by atoms with van der Waals surface area (Å²) in [7, 11) is 1.46. The molecule has 2 aromatic carbocycles. The molecule has 0 aliphatic rings. The third kappa shape index (κ3) is 4.27. The van der Waals surface area contributed by atoms with Crippen molar-refractivity contribution < 1.29 is 14.3 Å². The van der Waals surface area contributed by atoms with E-state index in [-0.39, 0.29) is 5.76 Å². The Kier molecular flexibility index (Phi) is 5.44. The van der Waals surface area contributed by atoms with E-state index >= 15 is 0 Å². The zero-order valence-electron chi connectivity index (χ0n) is 12.3. The van der Waals surface area contributed by atoms with Crippen LogP contribution >= 0.6 is 11.6 Å². The molecule has 0 heterocycles. The molecule has 2 aromatic rings. The van der Waals surface area contributed by atoms with E-state index in [2.05, 4.69) is 5.32 Å². The molecular weight excluding hydrogens is 302 g/mol. The van der Waals surface area contributed by atoms with Gasteiger partial charge in [0.25, 0.3) is 5.91 Å². The average molecular weight is 318 g/mol. The Morgan fingerprint density at radius 1 is 1.14 bits per heavy atom. The van der Waals surface area contributed by atoms with Crippen LogP contribution in [0.25, 0.3) is 0 Å². The lowest BCUT2D eigenvalue weighted by Crippen LogP contribution is -2.18. The highest BCUT2D eigenvalue weighted by molar-refractivity contribution is 6.30. The topological polar surface area (TPSA) is 47.6 Å². The van der Waals surface area contributed by atoms with Gasteiger partial charge in [0.2, 0.25) is 5.76 Å². The normalized spacial score (nSPS) is 11.0. The number of anilines is 1. The molecular formula is C17H16ClNO3. The first kappa shape index (κ1) is 15.9. The van der Waals surface area contributed by atoms with Crippen LogP contribution in [0, 0.1) is 6.92 Å². The maximum atomic E-state index is 12.3. The Balaban J connectivity index is 2.14. The van der Waals surface area contributed by atoms with E-state index < -0.39 is 5.91 Å². The monoisotopic (exact) mass is 317 g/mol. The Labute approximate surface area is 134 Å². The molecule has 0 atom stereocenters. The molecule has 114 valence electrons. The lowest BCUT2D eigenvalue weighted by Gasteiger charge is -2.12. The molecule has 0 unspecified atom stereocenters. The van der Waals surface area contributed by atoms with Gasteiger partial charge >= 0.3 is 0 Å². The number of para-hydroxylation sites is 1. The highest BCUT2D eigenvalue weighted by Crippen LogP contribution is 2.20. The number of hydrogen-bond donors (Lipinski definition) is 1. The number of hydrogen-bond acceptors (Lipinski definition) is 3. The number of halogens is 1. The van der Waals surface area contributed by atoms with Gasteiger partial charge in [0.05, 0.1) is 7.11 Å². The first-order valence-electron chi connectivity index (χ1n) is 6.63. The maximum absolute atomic E-state index is 12.3. The van der Waals surface area contributed by atoms with Gasteiger partial charge in [0.15, 0.2) is 0 Å². The molecule has 1 N–H and O–H groups in total. The molecule has 0 saturated heterocycles. The molecule has 0 aliphatic carbocycles. The molecule has 0 aromatic heterocycles. The first-order chi connectivity index (χ1) is 10.6. The van der Waals surface area contributed by atoms with Crippen molar-refractivity contribution >= 4 is 23.2 Å². The van der Waals surface area contributed by atoms with Crippen molar-refractivity contribution in [2.24, 2.45) is 0 Å². The predicted molar refractivity (Wildman–Crippen MR) is 87.0 cm³/mol. The van der Waals surface area contributed by atoms with E-state index in [0.717, 1.165) is 5.56 Å². The van der Waals surface area contributed by atoms with Crippen molar-refractivity contribution in [2.75, 3.05) is 12.4 Å². The van der Waals surface area contributed by atoms with Crippen LogP contribution in [0.5, 0.6) is 5.75 Å². The van der Waals surface area contributed by atoms with Crippen molar-refractivity contribution in [3.63, 3.8) is 0 Å². The van der Waals surface area contributed by atoms with Crippen LogP contribution in [0.4, 0.5) is 5.69 Å². The maximum Gasteiger partial charge on any atom is 0.294 e. The summed E-state index contributed by atoms with van der Waals surface area (Å²) in [6, 6.07) is 14.2. The average Bonchev–Trinajstić information content (AvgIpc) is 2.51. The first-order valence-corrected chi connectivity index (χ1v) is 7.01. The minimum absolute atomic E-state index is 0.0618. The number of nitrogens with one attached hydrogen (secondary N) is 1. The Bertz CT molecular complexity index is 681. The smallest absolute Gasteiger partial charge is 0.294 e. The van der Waals surface area contributed by atoms with Gasteiger partial charge in [-0.3, -0.25) is 4.79 Å². The van der Waals surface area contributed by atoms with Gasteiger partial charge in [-0.1, -0.05) is 29.8 Å². The zero-order valence-corrected chi connectivity index (χ0v) is 13.1. The molecule has 0 spiro atoms. The number of benzene rings is 2. The second-order valence-corrected chi connectivity index (χ2v) is 4.98. The molecule has 0 aliphatic heterocycles. The third-order valence-corrected chi connectivity index (χ3v) is 3.12. The Hall–Kier alpha value is -2.46. The van der Waals surface area contributed by atoms with Gasteiger partial charge in [-0.25, -0.2) is 0 Å². The van der Waals surface area contributed by atoms with Crippen LogP contribution in [0.2, 0.25) is 5.02 Å². The standard InChI is InChI=1S/C17H16ClNO3/c1-12-5-3-4-6-15(12)22-16(11-21-2)17(20)19-14-9-7-13(18)8-10-14/h3-11H,1-2H3,(H,19,20)/b16-11+. The summed E-state index contributed by atoms with van der Waals surface area (Å²) in [5.74, 6) is 0.247. The second-order valence-electron chi connectivity index (χ2n) is 4.55. The van der Waals surface area contributed by atoms with Crippen molar-refractivity contribution in [3.8, 4) is 5.75 Å². The highest BCUT2D eigenvalue weighted by atomic mass is 35.5. The molecule has 22 heavy (non-hydrogen) atoms. The summed E-state index contributed by atoms with van der Waals surface area (Å²) in [5.41, 5.74) is 1.54. The van der Waals surface area contributed by atoms with E-state index in [1.54, 1.807) is 30.3 Å². The minimum Gasteiger partial charge on any atom is -0.500 e. The largest absolute Gasteiger partial charge is 0.500 e. The molecule has 0 radical (unpaired) electrons. The van der Waals surface area contributed by atoms with Gasteiger partial charge in [-0.2, -0.15) is 0 Å². The number of rotatable bonds is 5. The van der Waals surface area contributed by atoms with Crippen molar-refractivity contribution in [1.82, 2.24) is 0 Å². The number of amides is 1. The van der Waals surface area contributed by atoms with Crippen LogP contribution in [0.3, 0.4) is 0 Å². The fraction of sp³-hybridized carbons (Fsp3) is 0.118. The summed E-state index contributed by atoms with van der Waals surface area (Å²) in [5, 5.41) is 3.32. The molecule has 5 heteroatoms. The second kappa shape index (κ2) is 7.52. The fourth-order valence-corrected chi connectivity index (χ4v) is 1.87. The molecule has 4 nitrogen and oxygen atoms in total. The minimum atomic E-state index is -0.410. The van der Waals surface area contributed by atoms with E-state index in [0.29, 0.717) is 16.5 Å². The van der Waals surface area contributed by atoms with Crippen LogP contribution in [-0.4, -0.2) is 13.0 Å². The van der Waals surface area contributed by atoms with Crippen LogP contribution < -0.4 is 10.1 Å². The fourth-order valence-electron chi connectivity index (χ4n) is 1.75. The van der Waals surface area contributed by atoms with Gasteiger partial charge in [0, 0.05) is 10.7 Å². The zero-order chi connectivity index (χ0) is 15.9. The van der Waals surface area contributed by atoms with Gasteiger partial charge in [-0.05, 0) is 42.8 Å². The summed E-state index contributed by atoms with van der Waals surface area (Å²) < 4.78 is 10.6. The summed E-state index contributed by atoms with van der Waals surface area (Å²) in [6.45, 7) is 1.90.